The maximum atomic E-state index is 13.8. The van der Waals surface area contributed by atoms with Crippen molar-refractivity contribution in [1.82, 2.24) is 15.5 Å². The van der Waals surface area contributed by atoms with Crippen molar-refractivity contribution in [2.24, 2.45) is 4.99 Å². The first-order chi connectivity index (χ1) is 12.6. The van der Waals surface area contributed by atoms with Gasteiger partial charge in [0, 0.05) is 56.5 Å². The summed E-state index contributed by atoms with van der Waals surface area (Å²) < 4.78 is 19.0. The Morgan fingerprint density at radius 2 is 2.15 bits per heavy atom. The highest BCUT2D eigenvalue weighted by atomic mass is 35.5. The molecule has 1 fully saturated rings. The summed E-state index contributed by atoms with van der Waals surface area (Å²) in [4.78, 5) is 7.01. The fraction of sp³-hybridized carbons (Fsp3) is 0.632. The van der Waals surface area contributed by atoms with Gasteiger partial charge in [-0.25, -0.2) is 4.39 Å². The van der Waals surface area contributed by atoms with E-state index < -0.39 is 0 Å². The van der Waals surface area contributed by atoms with Crippen LogP contribution in [0.1, 0.15) is 25.3 Å². The van der Waals surface area contributed by atoms with Crippen LogP contribution >= 0.6 is 11.6 Å². The fourth-order valence-corrected chi connectivity index (χ4v) is 3.34. The summed E-state index contributed by atoms with van der Waals surface area (Å²) in [5, 5.41) is 7.23. The fourth-order valence-electron chi connectivity index (χ4n) is 3.09. The molecule has 0 unspecified atom stereocenters. The van der Waals surface area contributed by atoms with Crippen LogP contribution in [0.4, 0.5) is 4.39 Å². The number of guanidine groups is 1. The number of aliphatic imine (C=N–C) groups is 1. The average Bonchev–Trinajstić information content (AvgIpc) is 2.63. The molecule has 1 aliphatic heterocycles. The molecule has 7 heteroatoms. The first-order valence-corrected chi connectivity index (χ1v) is 9.70. The number of piperidine rings is 1. The Balaban J connectivity index is 1.83. The number of ether oxygens (including phenoxy) is 1. The topological polar surface area (TPSA) is 48.9 Å². The number of methoxy groups -OCH3 is 1. The van der Waals surface area contributed by atoms with E-state index in [1.54, 1.807) is 19.2 Å². The van der Waals surface area contributed by atoms with Crippen LogP contribution in [0.3, 0.4) is 0 Å². The average molecular weight is 385 g/mol. The standard InChI is InChI=1S/C19H30ClFN4O/c1-3-22-19(23-10-7-16-17(20)5-4-6-18(16)21)24-15-8-11-25(12-9-15)13-14-26-2/h4-6,15H,3,7-14H2,1-2H3,(H2,22,23,24). The number of likely N-dealkylation sites (tertiary alicyclic amines) is 1. The minimum absolute atomic E-state index is 0.269. The quantitative estimate of drug-likeness (QED) is 0.534. The third kappa shape index (κ3) is 6.74. The molecule has 2 N–H and O–H groups in total. The van der Waals surface area contributed by atoms with Gasteiger partial charge in [-0.15, -0.1) is 0 Å². The largest absolute Gasteiger partial charge is 0.383 e. The summed E-state index contributed by atoms with van der Waals surface area (Å²) in [6, 6.07) is 5.18. The van der Waals surface area contributed by atoms with Crippen LogP contribution in [0, 0.1) is 5.82 Å². The molecule has 0 atom stereocenters. The zero-order valence-electron chi connectivity index (χ0n) is 15.7. The summed E-state index contributed by atoms with van der Waals surface area (Å²) in [6.07, 6.45) is 2.64. The maximum Gasteiger partial charge on any atom is 0.191 e. The SMILES string of the molecule is CCNC(=NCCc1c(F)cccc1Cl)NC1CCN(CCOC)CC1. The number of nitrogens with one attached hydrogen (secondary N) is 2. The number of nitrogens with zero attached hydrogens (tertiary/aromatic N) is 2. The van der Waals surface area contributed by atoms with Gasteiger partial charge in [-0.1, -0.05) is 17.7 Å². The molecule has 1 aliphatic rings. The number of rotatable bonds is 8. The molecule has 0 radical (unpaired) electrons. The lowest BCUT2D eigenvalue weighted by atomic mass is 10.1. The molecular weight excluding hydrogens is 355 g/mol. The number of hydrogen-bond donors (Lipinski definition) is 2. The van der Waals surface area contributed by atoms with Crippen molar-refractivity contribution in [2.75, 3.05) is 46.4 Å². The van der Waals surface area contributed by atoms with E-state index in [0.717, 1.165) is 51.6 Å². The number of benzene rings is 1. The molecule has 1 saturated heterocycles. The molecule has 26 heavy (non-hydrogen) atoms. The van der Waals surface area contributed by atoms with Crippen LogP contribution < -0.4 is 10.6 Å². The summed E-state index contributed by atoms with van der Waals surface area (Å²) >= 11 is 6.08. The van der Waals surface area contributed by atoms with Crippen molar-refractivity contribution in [3.05, 3.63) is 34.6 Å². The summed E-state index contributed by atoms with van der Waals surface area (Å²) in [5.41, 5.74) is 0.528. The van der Waals surface area contributed by atoms with Crippen molar-refractivity contribution in [1.29, 1.82) is 0 Å². The van der Waals surface area contributed by atoms with Gasteiger partial charge in [0.1, 0.15) is 5.82 Å². The van der Waals surface area contributed by atoms with Crippen LogP contribution in [-0.4, -0.2) is 63.3 Å². The van der Waals surface area contributed by atoms with Gasteiger partial charge in [0.25, 0.3) is 0 Å². The van der Waals surface area contributed by atoms with Crippen molar-refractivity contribution >= 4 is 17.6 Å². The minimum Gasteiger partial charge on any atom is -0.383 e. The van der Waals surface area contributed by atoms with E-state index in [0.29, 0.717) is 29.6 Å². The van der Waals surface area contributed by atoms with Crippen molar-refractivity contribution in [3.8, 4) is 0 Å². The summed E-state index contributed by atoms with van der Waals surface area (Å²) in [6.45, 7) is 7.21. The van der Waals surface area contributed by atoms with Gasteiger partial charge >= 0.3 is 0 Å². The molecule has 146 valence electrons. The van der Waals surface area contributed by atoms with Crippen molar-refractivity contribution in [3.63, 3.8) is 0 Å². The van der Waals surface area contributed by atoms with Gasteiger partial charge in [0.15, 0.2) is 5.96 Å². The second-order valence-corrected chi connectivity index (χ2v) is 6.87. The van der Waals surface area contributed by atoms with Crippen LogP contribution in [0.15, 0.2) is 23.2 Å². The van der Waals surface area contributed by atoms with Gasteiger partial charge in [-0.2, -0.15) is 0 Å². The van der Waals surface area contributed by atoms with E-state index in [2.05, 4.69) is 20.5 Å². The highest BCUT2D eigenvalue weighted by molar-refractivity contribution is 6.31. The van der Waals surface area contributed by atoms with Crippen LogP contribution in [0.2, 0.25) is 5.02 Å². The predicted octanol–water partition coefficient (Wildman–Crippen LogP) is 2.69. The maximum absolute atomic E-state index is 13.8. The Morgan fingerprint density at radius 3 is 2.81 bits per heavy atom. The van der Waals surface area contributed by atoms with Gasteiger partial charge in [-0.05, 0) is 38.3 Å². The van der Waals surface area contributed by atoms with E-state index >= 15 is 0 Å². The molecule has 1 aromatic carbocycles. The first kappa shape index (κ1) is 20.9. The third-order valence-corrected chi connectivity index (χ3v) is 4.93. The van der Waals surface area contributed by atoms with E-state index in [1.165, 1.54) is 6.07 Å². The molecule has 0 bridgehead atoms. The van der Waals surface area contributed by atoms with Crippen molar-refractivity contribution < 1.29 is 9.13 Å². The second-order valence-electron chi connectivity index (χ2n) is 6.46. The lowest BCUT2D eigenvalue weighted by Crippen LogP contribution is -2.49. The normalized spacial score (nSPS) is 16.7. The second kappa shape index (κ2) is 11.4. The summed E-state index contributed by atoms with van der Waals surface area (Å²) in [5.74, 6) is 0.518. The predicted molar refractivity (Wildman–Crippen MR) is 106 cm³/mol. The van der Waals surface area contributed by atoms with Gasteiger partial charge < -0.3 is 20.3 Å². The number of halogens is 2. The molecule has 1 aromatic rings. The minimum atomic E-state index is -0.269. The Hall–Kier alpha value is -1.37. The lowest BCUT2D eigenvalue weighted by molar-refractivity contribution is 0.128. The number of hydrogen-bond acceptors (Lipinski definition) is 3. The first-order valence-electron chi connectivity index (χ1n) is 9.33. The van der Waals surface area contributed by atoms with Gasteiger partial charge in [-0.3, -0.25) is 4.99 Å². The molecule has 0 aromatic heterocycles. The Morgan fingerprint density at radius 1 is 1.38 bits per heavy atom. The Labute approximate surface area is 161 Å². The molecule has 5 nitrogen and oxygen atoms in total. The van der Waals surface area contributed by atoms with E-state index in [9.17, 15) is 4.39 Å². The van der Waals surface area contributed by atoms with E-state index in [1.807, 2.05) is 6.92 Å². The van der Waals surface area contributed by atoms with Gasteiger partial charge in [0.05, 0.1) is 6.61 Å². The molecule has 1 heterocycles. The monoisotopic (exact) mass is 384 g/mol. The highest BCUT2D eigenvalue weighted by Gasteiger charge is 2.19. The Bertz CT molecular complexity index is 556. The smallest absolute Gasteiger partial charge is 0.191 e. The molecule has 0 amide bonds. The summed E-state index contributed by atoms with van der Waals surface area (Å²) in [7, 11) is 1.74. The molecule has 0 saturated carbocycles. The van der Waals surface area contributed by atoms with Crippen LogP contribution in [0.5, 0.6) is 0 Å². The molecular formula is C19H30ClFN4O. The van der Waals surface area contributed by atoms with E-state index in [-0.39, 0.29) is 5.82 Å². The third-order valence-electron chi connectivity index (χ3n) is 4.58. The Kier molecular flexibility index (Phi) is 9.15. The highest BCUT2D eigenvalue weighted by Crippen LogP contribution is 2.19. The zero-order chi connectivity index (χ0) is 18.8. The van der Waals surface area contributed by atoms with Gasteiger partial charge in [0.2, 0.25) is 0 Å². The van der Waals surface area contributed by atoms with E-state index in [4.69, 9.17) is 16.3 Å². The molecule has 0 spiro atoms. The molecule has 0 aliphatic carbocycles. The van der Waals surface area contributed by atoms with Crippen molar-refractivity contribution in [2.45, 2.75) is 32.2 Å². The zero-order valence-corrected chi connectivity index (χ0v) is 16.5. The molecule has 2 rings (SSSR count). The lowest BCUT2D eigenvalue weighted by Gasteiger charge is -2.32. The van der Waals surface area contributed by atoms with Crippen LogP contribution in [-0.2, 0) is 11.2 Å². The van der Waals surface area contributed by atoms with Crippen LogP contribution in [0.25, 0.3) is 0 Å².